The fraction of sp³-hybridized carbons (Fsp3) is 0.455. The van der Waals surface area contributed by atoms with Crippen LogP contribution in [0.2, 0.25) is 0 Å². The molecule has 4 heteroatoms. The van der Waals surface area contributed by atoms with Crippen molar-refractivity contribution in [1.82, 2.24) is 0 Å². The summed E-state index contributed by atoms with van der Waals surface area (Å²) in [6, 6.07) is 5.25. The van der Waals surface area contributed by atoms with Crippen LogP contribution in [-0.4, -0.2) is 12.6 Å². The van der Waals surface area contributed by atoms with Crippen LogP contribution in [0.15, 0.2) is 24.4 Å². The maximum Gasteiger partial charge on any atom is 0.309 e. The molecule has 2 rings (SSSR count). The van der Waals surface area contributed by atoms with Gasteiger partial charge >= 0.3 is 5.97 Å². The second-order valence-electron chi connectivity index (χ2n) is 3.65. The number of carbonyl (C=O) groups excluding carboxylic acids is 1. The van der Waals surface area contributed by atoms with Crippen LogP contribution in [0, 0.1) is 11.1 Å². The molecular formula is C11H13NO3. The van der Waals surface area contributed by atoms with Crippen LogP contribution in [0.1, 0.15) is 25.0 Å². The van der Waals surface area contributed by atoms with E-state index in [1.807, 2.05) is 6.07 Å². The van der Waals surface area contributed by atoms with Gasteiger partial charge in [0.1, 0.15) is 0 Å². The third-order valence-corrected chi connectivity index (χ3v) is 2.61. The lowest BCUT2D eigenvalue weighted by Gasteiger charge is -2.03. The normalized spacial score (nSPS) is 23.5. The van der Waals surface area contributed by atoms with E-state index in [0.717, 1.165) is 11.2 Å². The summed E-state index contributed by atoms with van der Waals surface area (Å²) in [5.74, 6) is -0.262. The zero-order valence-electron chi connectivity index (χ0n) is 8.55. The molecule has 1 heterocycles. The molecule has 0 N–H and O–H groups in total. The van der Waals surface area contributed by atoms with E-state index in [9.17, 15) is 10.0 Å². The molecule has 1 unspecified atom stereocenters. The van der Waals surface area contributed by atoms with E-state index in [1.165, 1.54) is 6.20 Å². The van der Waals surface area contributed by atoms with Crippen molar-refractivity contribution in [2.45, 2.75) is 19.3 Å². The second kappa shape index (κ2) is 3.88. The van der Waals surface area contributed by atoms with Gasteiger partial charge in [-0.2, -0.15) is 4.73 Å². The molecule has 0 saturated heterocycles. The van der Waals surface area contributed by atoms with Gasteiger partial charge in [-0.15, -0.1) is 0 Å². The van der Waals surface area contributed by atoms with E-state index < -0.39 is 0 Å². The highest BCUT2D eigenvalue weighted by Crippen LogP contribution is 2.46. The van der Waals surface area contributed by atoms with Crippen LogP contribution in [0.5, 0.6) is 0 Å². The summed E-state index contributed by atoms with van der Waals surface area (Å²) in [6.07, 6.45) is 2.18. The topological polar surface area (TPSA) is 53.2 Å². The molecule has 1 aliphatic rings. The Hall–Kier alpha value is -1.58. The maximum absolute atomic E-state index is 11.4. The average Bonchev–Trinajstić information content (AvgIpc) is 2.98. The maximum atomic E-state index is 11.4. The molecule has 1 aromatic rings. The molecule has 15 heavy (non-hydrogen) atoms. The summed E-state index contributed by atoms with van der Waals surface area (Å²) in [5.41, 5.74) is 0.663. The number of nitrogens with zero attached hydrogens (tertiary/aromatic N) is 1. The van der Waals surface area contributed by atoms with Crippen LogP contribution in [0.25, 0.3) is 0 Å². The lowest BCUT2D eigenvalue weighted by atomic mass is 10.2. The Morgan fingerprint density at radius 1 is 1.67 bits per heavy atom. The van der Waals surface area contributed by atoms with Crippen molar-refractivity contribution < 1.29 is 14.3 Å². The zero-order chi connectivity index (χ0) is 10.8. The third kappa shape index (κ3) is 1.93. The van der Waals surface area contributed by atoms with E-state index in [1.54, 1.807) is 19.1 Å². The molecule has 1 fully saturated rings. The first-order valence-corrected chi connectivity index (χ1v) is 5.08. The Bertz CT molecular complexity index is 378. The molecule has 80 valence electrons. The minimum atomic E-state index is -0.189. The van der Waals surface area contributed by atoms with Crippen LogP contribution in [0.4, 0.5) is 0 Å². The van der Waals surface area contributed by atoms with Crippen molar-refractivity contribution in [3.8, 4) is 0 Å². The van der Waals surface area contributed by atoms with E-state index in [-0.39, 0.29) is 17.8 Å². The number of hydrogen-bond donors (Lipinski definition) is 0. The predicted octanol–water partition coefficient (Wildman–Crippen LogP) is 0.987. The van der Waals surface area contributed by atoms with Gasteiger partial charge in [0.25, 0.3) is 0 Å². The molecule has 1 aliphatic carbocycles. The van der Waals surface area contributed by atoms with Gasteiger partial charge in [0.05, 0.1) is 18.4 Å². The summed E-state index contributed by atoms with van der Waals surface area (Å²) in [7, 11) is 0. The van der Waals surface area contributed by atoms with Crippen LogP contribution in [-0.2, 0) is 9.53 Å². The summed E-state index contributed by atoms with van der Waals surface area (Å²) >= 11 is 0. The van der Waals surface area contributed by atoms with E-state index in [4.69, 9.17) is 4.74 Å². The zero-order valence-corrected chi connectivity index (χ0v) is 8.55. The lowest BCUT2D eigenvalue weighted by molar-refractivity contribution is -0.614. The lowest BCUT2D eigenvalue weighted by Crippen LogP contribution is -2.30. The van der Waals surface area contributed by atoms with Crippen molar-refractivity contribution >= 4 is 5.97 Å². The molecule has 1 saturated carbocycles. The van der Waals surface area contributed by atoms with Crippen LogP contribution < -0.4 is 4.73 Å². The van der Waals surface area contributed by atoms with E-state index in [2.05, 4.69) is 0 Å². The van der Waals surface area contributed by atoms with Crippen molar-refractivity contribution in [3.05, 3.63) is 35.3 Å². The second-order valence-corrected chi connectivity index (χ2v) is 3.65. The minimum Gasteiger partial charge on any atom is -0.618 e. The number of carbonyl (C=O) groups is 1. The van der Waals surface area contributed by atoms with Crippen molar-refractivity contribution in [2.24, 2.45) is 5.92 Å². The van der Waals surface area contributed by atoms with Crippen molar-refractivity contribution in [3.63, 3.8) is 0 Å². The molecule has 2 atom stereocenters. The Morgan fingerprint density at radius 2 is 2.47 bits per heavy atom. The Kier molecular flexibility index (Phi) is 2.58. The number of rotatable bonds is 3. The van der Waals surface area contributed by atoms with Crippen LogP contribution >= 0.6 is 0 Å². The molecular weight excluding hydrogens is 194 g/mol. The van der Waals surface area contributed by atoms with Gasteiger partial charge in [-0.3, -0.25) is 4.79 Å². The van der Waals surface area contributed by atoms with Crippen molar-refractivity contribution in [1.29, 1.82) is 0 Å². The molecule has 0 bridgehead atoms. The highest BCUT2D eigenvalue weighted by atomic mass is 16.5. The van der Waals surface area contributed by atoms with E-state index in [0.29, 0.717) is 12.3 Å². The predicted molar refractivity (Wildman–Crippen MR) is 52.9 cm³/mol. The highest BCUT2D eigenvalue weighted by molar-refractivity contribution is 5.77. The quantitative estimate of drug-likeness (QED) is 0.422. The number of ether oxygens (including phenoxy) is 1. The first-order chi connectivity index (χ1) is 7.24. The van der Waals surface area contributed by atoms with E-state index >= 15 is 0 Å². The van der Waals surface area contributed by atoms with Crippen molar-refractivity contribution in [2.75, 3.05) is 6.61 Å². The fourth-order valence-corrected chi connectivity index (χ4v) is 1.76. The molecule has 0 amide bonds. The molecule has 1 aromatic heterocycles. The highest BCUT2D eigenvalue weighted by Gasteiger charge is 2.49. The first-order valence-electron chi connectivity index (χ1n) is 5.08. The van der Waals surface area contributed by atoms with Gasteiger partial charge in [0.15, 0.2) is 11.9 Å². The average molecular weight is 207 g/mol. The number of aromatic nitrogens is 1. The number of hydrogen-bond acceptors (Lipinski definition) is 3. The minimum absolute atomic E-state index is 0.0442. The summed E-state index contributed by atoms with van der Waals surface area (Å²) in [4.78, 5) is 11.4. The van der Waals surface area contributed by atoms with Crippen LogP contribution in [0.3, 0.4) is 0 Å². The Morgan fingerprint density at radius 3 is 3.13 bits per heavy atom. The monoisotopic (exact) mass is 207 g/mol. The summed E-state index contributed by atoms with van der Waals surface area (Å²) in [5, 5.41) is 11.4. The SMILES string of the molecule is CCOC(=O)[C@H]1CC1c1cccc[n+]1[O-]. The fourth-order valence-electron chi connectivity index (χ4n) is 1.76. The van der Waals surface area contributed by atoms with Gasteiger partial charge < -0.3 is 9.94 Å². The van der Waals surface area contributed by atoms with Gasteiger partial charge in [0, 0.05) is 12.1 Å². The smallest absolute Gasteiger partial charge is 0.309 e. The first kappa shape index (κ1) is 9.96. The molecule has 0 aromatic carbocycles. The summed E-state index contributed by atoms with van der Waals surface area (Å²) in [6.45, 7) is 2.18. The summed E-state index contributed by atoms with van der Waals surface area (Å²) < 4.78 is 5.73. The van der Waals surface area contributed by atoms with Gasteiger partial charge in [-0.05, 0) is 13.3 Å². The Balaban J connectivity index is 2.05. The number of pyridine rings is 1. The third-order valence-electron chi connectivity index (χ3n) is 2.61. The van der Waals surface area contributed by atoms with Gasteiger partial charge in [0.2, 0.25) is 0 Å². The standard InChI is InChI=1S/C11H13NO3/c1-2-15-11(13)9-7-8(9)10-5-3-4-6-12(10)14/h3-6,8-9H,2,7H2,1H3/t8?,9-/m0/s1. The molecule has 4 nitrogen and oxygen atoms in total. The number of esters is 1. The molecule has 0 spiro atoms. The van der Waals surface area contributed by atoms with Gasteiger partial charge in [-0.1, -0.05) is 6.07 Å². The largest absolute Gasteiger partial charge is 0.618 e. The Labute approximate surface area is 88.1 Å². The molecule has 0 radical (unpaired) electrons. The van der Waals surface area contributed by atoms with Gasteiger partial charge in [-0.25, -0.2) is 0 Å². The molecule has 0 aliphatic heterocycles.